The minimum atomic E-state index is -3.69. The molecule has 0 aliphatic heterocycles. The zero-order valence-corrected chi connectivity index (χ0v) is 19.4. The van der Waals surface area contributed by atoms with E-state index in [0.29, 0.717) is 29.5 Å². The SMILES string of the molecule is CCN(CC)S(=O)(=O)c1cccc(NC(=O)c2nn(-c3ccc(Cl)cc3)c(C)cc2=O)c1. The number of anilines is 1. The Morgan fingerprint density at radius 3 is 2.38 bits per heavy atom. The molecule has 32 heavy (non-hydrogen) atoms. The van der Waals surface area contributed by atoms with Crippen LogP contribution in [0.1, 0.15) is 30.0 Å². The lowest BCUT2D eigenvalue weighted by atomic mass is 10.2. The number of carbonyl (C=O) groups is 1. The van der Waals surface area contributed by atoms with Crippen molar-refractivity contribution in [1.29, 1.82) is 0 Å². The maximum atomic E-state index is 12.8. The highest BCUT2D eigenvalue weighted by atomic mass is 35.5. The van der Waals surface area contributed by atoms with Crippen LogP contribution in [0.5, 0.6) is 0 Å². The summed E-state index contributed by atoms with van der Waals surface area (Å²) in [6.07, 6.45) is 0. The van der Waals surface area contributed by atoms with E-state index in [1.54, 1.807) is 51.1 Å². The highest BCUT2D eigenvalue weighted by Gasteiger charge is 2.22. The lowest BCUT2D eigenvalue weighted by Gasteiger charge is -2.18. The van der Waals surface area contributed by atoms with Crippen molar-refractivity contribution >= 4 is 33.2 Å². The van der Waals surface area contributed by atoms with E-state index in [1.165, 1.54) is 33.3 Å². The second-order valence-corrected chi connectivity index (χ2v) is 9.33. The standard InChI is InChI=1S/C22H23ClN4O4S/c1-4-26(5-2)32(30,31)19-8-6-7-17(14-19)24-22(29)21-20(28)13-15(3)27(25-21)18-11-9-16(23)10-12-18/h6-14H,4-5H2,1-3H3,(H,24,29). The van der Waals surface area contributed by atoms with Crippen LogP contribution in [0, 0.1) is 6.92 Å². The number of aryl methyl sites for hydroxylation is 1. The molecule has 2 aromatic carbocycles. The summed E-state index contributed by atoms with van der Waals surface area (Å²) in [7, 11) is -3.69. The predicted octanol–water partition coefficient (Wildman–Crippen LogP) is 3.48. The molecule has 1 heterocycles. The Kier molecular flexibility index (Phi) is 7.12. The maximum absolute atomic E-state index is 12.8. The first-order valence-electron chi connectivity index (χ1n) is 9.95. The van der Waals surface area contributed by atoms with Gasteiger partial charge in [-0.15, -0.1) is 0 Å². The molecule has 1 N–H and O–H groups in total. The molecule has 1 amide bonds. The first kappa shape index (κ1) is 23.6. The Hall–Kier alpha value is -3.01. The van der Waals surface area contributed by atoms with Crippen LogP contribution in [0.25, 0.3) is 5.69 Å². The Bertz CT molecular complexity index is 1300. The van der Waals surface area contributed by atoms with E-state index in [1.807, 2.05) is 0 Å². The van der Waals surface area contributed by atoms with Crippen LogP contribution in [-0.4, -0.2) is 41.5 Å². The van der Waals surface area contributed by atoms with Gasteiger partial charge in [0.15, 0.2) is 5.69 Å². The largest absolute Gasteiger partial charge is 0.320 e. The normalized spacial score (nSPS) is 11.5. The number of nitrogens with zero attached hydrogens (tertiary/aromatic N) is 3. The maximum Gasteiger partial charge on any atom is 0.280 e. The number of aromatic nitrogens is 2. The van der Waals surface area contributed by atoms with Crippen molar-refractivity contribution in [2.24, 2.45) is 0 Å². The van der Waals surface area contributed by atoms with Gasteiger partial charge in [-0.25, -0.2) is 13.1 Å². The molecule has 0 fully saturated rings. The zero-order valence-electron chi connectivity index (χ0n) is 17.9. The molecule has 8 nitrogen and oxygen atoms in total. The van der Waals surface area contributed by atoms with E-state index >= 15 is 0 Å². The number of nitrogens with one attached hydrogen (secondary N) is 1. The van der Waals surface area contributed by atoms with Gasteiger partial charge in [-0.1, -0.05) is 31.5 Å². The van der Waals surface area contributed by atoms with Crippen LogP contribution >= 0.6 is 11.6 Å². The molecule has 0 aliphatic rings. The van der Waals surface area contributed by atoms with Crippen LogP contribution in [-0.2, 0) is 10.0 Å². The van der Waals surface area contributed by atoms with Gasteiger partial charge in [0.1, 0.15) is 0 Å². The van der Waals surface area contributed by atoms with Crippen LogP contribution < -0.4 is 10.7 Å². The van der Waals surface area contributed by atoms with Gasteiger partial charge < -0.3 is 5.32 Å². The molecule has 0 atom stereocenters. The molecule has 0 bridgehead atoms. The third kappa shape index (κ3) is 4.90. The van der Waals surface area contributed by atoms with E-state index in [0.717, 1.165) is 0 Å². The summed E-state index contributed by atoms with van der Waals surface area (Å²) in [6, 6.07) is 14.0. The smallest absolute Gasteiger partial charge is 0.280 e. The van der Waals surface area contributed by atoms with Gasteiger partial charge in [0, 0.05) is 35.6 Å². The number of hydrogen-bond donors (Lipinski definition) is 1. The predicted molar refractivity (Wildman–Crippen MR) is 124 cm³/mol. The highest BCUT2D eigenvalue weighted by Crippen LogP contribution is 2.20. The van der Waals surface area contributed by atoms with Crippen LogP contribution in [0.15, 0.2) is 64.3 Å². The minimum Gasteiger partial charge on any atom is -0.320 e. The van der Waals surface area contributed by atoms with E-state index in [2.05, 4.69) is 10.4 Å². The topological polar surface area (TPSA) is 101 Å². The summed E-state index contributed by atoms with van der Waals surface area (Å²) in [6.45, 7) is 5.86. The van der Waals surface area contributed by atoms with E-state index < -0.39 is 21.4 Å². The first-order valence-corrected chi connectivity index (χ1v) is 11.8. The zero-order chi connectivity index (χ0) is 23.5. The molecule has 0 radical (unpaired) electrons. The molecule has 0 unspecified atom stereocenters. The van der Waals surface area contributed by atoms with Gasteiger partial charge in [-0.3, -0.25) is 9.59 Å². The third-order valence-electron chi connectivity index (χ3n) is 4.83. The number of halogens is 1. The van der Waals surface area contributed by atoms with Gasteiger partial charge in [0.05, 0.1) is 10.6 Å². The number of sulfonamides is 1. The Balaban J connectivity index is 1.94. The summed E-state index contributed by atoms with van der Waals surface area (Å²) < 4.78 is 28.3. The van der Waals surface area contributed by atoms with Crippen molar-refractivity contribution in [2.75, 3.05) is 18.4 Å². The van der Waals surface area contributed by atoms with Crippen molar-refractivity contribution in [2.45, 2.75) is 25.7 Å². The molecule has 10 heteroatoms. The molecule has 0 aliphatic carbocycles. The Morgan fingerprint density at radius 1 is 1.09 bits per heavy atom. The summed E-state index contributed by atoms with van der Waals surface area (Å²) in [4.78, 5) is 25.3. The summed E-state index contributed by atoms with van der Waals surface area (Å²) in [5, 5.41) is 7.34. The molecule has 0 spiro atoms. The van der Waals surface area contributed by atoms with Crippen LogP contribution in [0.4, 0.5) is 5.69 Å². The van der Waals surface area contributed by atoms with Gasteiger partial charge >= 0.3 is 0 Å². The number of rotatable bonds is 7. The molecule has 1 aromatic heterocycles. The first-order chi connectivity index (χ1) is 15.2. The fourth-order valence-corrected chi connectivity index (χ4v) is 4.82. The average Bonchev–Trinajstić information content (AvgIpc) is 2.75. The molecule has 3 rings (SSSR count). The van der Waals surface area contributed by atoms with Gasteiger partial charge in [-0.2, -0.15) is 9.40 Å². The Morgan fingerprint density at radius 2 is 1.75 bits per heavy atom. The van der Waals surface area contributed by atoms with Gasteiger partial charge in [0.25, 0.3) is 5.91 Å². The summed E-state index contributed by atoms with van der Waals surface area (Å²) in [5.74, 6) is -0.741. The van der Waals surface area contributed by atoms with Crippen molar-refractivity contribution in [3.8, 4) is 5.69 Å². The minimum absolute atomic E-state index is 0.0504. The average molecular weight is 475 g/mol. The number of hydrogen-bond acceptors (Lipinski definition) is 5. The van der Waals surface area contributed by atoms with Crippen LogP contribution in [0.3, 0.4) is 0 Å². The van der Waals surface area contributed by atoms with E-state index in [9.17, 15) is 18.0 Å². The monoisotopic (exact) mass is 474 g/mol. The molecular weight excluding hydrogens is 452 g/mol. The number of amides is 1. The van der Waals surface area contributed by atoms with Gasteiger partial charge in [-0.05, 0) is 49.4 Å². The van der Waals surface area contributed by atoms with Crippen molar-refractivity contribution in [3.63, 3.8) is 0 Å². The molecule has 3 aromatic rings. The van der Waals surface area contributed by atoms with Crippen LogP contribution in [0.2, 0.25) is 5.02 Å². The quantitative estimate of drug-likeness (QED) is 0.565. The van der Waals surface area contributed by atoms with Crippen molar-refractivity contribution in [1.82, 2.24) is 14.1 Å². The lowest BCUT2D eigenvalue weighted by Crippen LogP contribution is -2.30. The molecule has 0 saturated carbocycles. The van der Waals surface area contributed by atoms with Gasteiger partial charge in [0.2, 0.25) is 15.5 Å². The van der Waals surface area contributed by atoms with Crippen molar-refractivity contribution < 1.29 is 13.2 Å². The van der Waals surface area contributed by atoms with E-state index in [-0.39, 0.29) is 16.3 Å². The van der Waals surface area contributed by atoms with E-state index in [4.69, 9.17) is 11.6 Å². The molecular formula is C22H23ClN4O4S. The van der Waals surface area contributed by atoms with Crippen molar-refractivity contribution in [3.05, 3.63) is 81.2 Å². The summed E-state index contributed by atoms with van der Waals surface area (Å²) >= 11 is 5.93. The second-order valence-electron chi connectivity index (χ2n) is 6.96. The lowest BCUT2D eigenvalue weighted by molar-refractivity contribution is 0.101. The molecule has 168 valence electrons. The highest BCUT2D eigenvalue weighted by molar-refractivity contribution is 7.89. The fraction of sp³-hybridized carbons (Fsp3) is 0.227. The summed E-state index contributed by atoms with van der Waals surface area (Å²) in [5.41, 5.74) is 0.553. The molecule has 0 saturated heterocycles. The second kappa shape index (κ2) is 9.64. The fourth-order valence-electron chi connectivity index (χ4n) is 3.19. The Labute approximate surface area is 191 Å². The third-order valence-corrected chi connectivity index (χ3v) is 7.13. The number of benzene rings is 2. The number of carbonyl (C=O) groups excluding carboxylic acids is 1.